The van der Waals surface area contributed by atoms with Gasteiger partial charge in [-0.05, 0) is 24.3 Å². The van der Waals surface area contributed by atoms with Crippen molar-refractivity contribution in [3.05, 3.63) is 42.5 Å². The van der Waals surface area contributed by atoms with Crippen LogP contribution in [0.4, 0.5) is 22.1 Å². The molecule has 1 fully saturated rings. The maximum Gasteiger partial charge on any atom is 0.321 e. The van der Waals surface area contributed by atoms with Crippen LogP contribution in [0, 0.1) is 0 Å². The maximum absolute atomic E-state index is 12.3. The Morgan fingerprint density at radius 3 is 2.29 bits per heavy atom. The first-order valence-corrected chi connectivity index (χ1v) is 8.00. The number of carbonyl (C=O) groups is 1. The van der Waals surface area contributed by atoms with Crippen LogP contribution in [0.5, 0.6) is 0 Å². The number of benzene rings is 1. The fourth-order valence-corrected chi connectivity index (χ4v) is 2.59. The lowest BCUT2D eigenvalue weighted by atomic mass is 10.3. The largest absolute Gasteiger partial charge is 0.361 e. The van der Waals surface area contributed by atoms with Gasteiger partial charge in [0.25, 0.3) is 0 Å². The highest BCUT2D eigenvalue weighted by atomic mass is 16.2. The third-order valence-electron chi connectivity index (χ3n) is 4.01. The van der Waals surface area contributed by atoms with E-state index >= 15 is 0 Å². The minimum Gasteiger partial charge on any atom is -0.361 e. The molecule has 0 atom stereocenters. The predicted octanol–water partition coefficient (Wildman–Crippen LogP) is 1.90. The fraction of sp³-hybridized carbons (Fsp3) is 0.353. The Morgan fingerprint density at radius 2 is 1.71 bits per heavy atom. The number of hydrogen-bond acceptors (Lipinski definition) is 5. The molecule has 126 valence electrons. The Hall–Kier alpha value is -2.83. The van der Waals surface area contributed by atoms with Gasteiger partial charge in [0, 0.05) is 46.0 Å². The van der Waals surface area contributed by atoms with Gasteiger partial charge in [-0.2, -0.15) is 0 Å². The molecule has 0 spiro atoms. The number of para-hydroxylation sites is 1. The van der Waals surface area contributed by atoms with Crippen molar-refractivity contribution in [3.63, 3.8) is 0 Å². The van der Waals surface area contributed by atoms with Crippen LogP contribution in [0.3, 0.4) is 0 Å². The van der Waals surface area contributed by atoms with Crippen molar-refractivity contribution in [1.82, 2.24) is 15.1 Å². The Morgan fingerprint density at radius 1 is 1.00 bits per heavy atom. The van der Waals surface area contributed by atoms with E-state index in [0.29, 0.717) is 13.1 Å². The average Bonchev–Trinajstić information content (AvgIpc) is 2.63. The van der Waals surface area contributed by atoms with E-state index in [2.05, 4.69) is 20.4 Å². The van der Waals surface area contributed by atoms with Gasteiger partial charge in [0.05, 0.1) is 0 Å². The fourth-order valence-electron chi connectivity index (χ4n) is 2.59. The monoisotopic (exact) mass is 326 g/mol. The summed E-state index contributed by atoms with van der Waals surface area (Å²) in [5.74, 6) is 1.68. The Kier molecular flexibility index (Phi) is 4.79. The van der Waals surface area contributed by atoms with Crippen molar-refractivity contribution >= 4 is 23.4 Å². The molecule has 3 rings (SSSR count). The van der Waals surface area contributed by atoms with Crippen LogP contribution < -0.4 is 15.1 Å². The highest BCUT2D eigenvalue weighted by Crippen LogP contribution is 2.16. The van der Waals surface area contributed by atoms with Crippen molar-refractivity contribution in [1.29, 1.82) is 0 Å². The number of piperazine rings is 1. The van der Waals surface area contributed by atoms with Crippen LogP contribution in [-0.2, 0) is 0 Å². The first-order chi connectivity index (χ1) is 11.6. The van der Waals surface area contributed by atoms with Crippen molar-refractivity contribution in [3.8, 4) is 0 Å². The SMILES string of the molecule is CN(C)c1ccc(N2CCN(C(=O)Nc3ccccc3)CC2)nn1. The summed E-state index contributed by atoms with van der Waals surface area (Å²) in [5.41, 5.74) is 0.815. The Labute approximate surface area is 141 Å². The third kappa shape index (κ3) is 3.73. The van der Waals surface area contributed by atoms with Gasteiger partial charge < -0.3 is 20.0 Å². The molecule has 0 aliphatic carbocycles. The van der Waals surface area contributed by atoms with Crippen LogP contribution in [0.15, 0.2) is 42.5 Å². The number of carbonyl (C=O) groups excluding carboxylic acids is 1. The number of hydrogen-bond donors (Lipinski definition) is 1. The molecule has 0 radical (unpaired) electrons. The zero-order valence-corrected chi connectivity index (χ0v) is 14.0. The van der Waals surface area contributed by atoms with Crippen molar-refractivity contribution in [2.75, 3.05) is 55.4 Å². The lowest BCUT2D eigenvalue weighted by Gasteiger charge is -2.35. The second-order valence-electron chi connectivity index (χ2n) is 5.91. The summed E-state index contributed by atoms with van der Waals surface area (Å²) >= 11 is 0. The summed E-state index contributed by atoms with van der Waals surface area (Å²) in [6, 6.07) is 13.4. The van der Waals surface area contributed by atoms with Gasteiger partial charge in [0.2, 0.25) is 0 Å². The molecule has 0 saturated carbocycles. The summed E-state index contributed by atoms with van der Waals surface area (Å²) in [7, 11) is 3.88. The van der Waals surface area contributed by atoms with E-state index in [1.165, 1.54) is 0 Å². The van der Waals surface area contributed by atoms with E-state index in [0.717, 1.165) is 30.4 Å². The molecule has 0 bridgehead atoms. The number of nitrogens with zero attached hydrogens (tertiary/aromatic N) is 5. The van der Waals surface area contributed by atoms with Crippen LogP contribution in [0.25, 0.3) is 0 Å². The van der Waals surface area contributed by atoms with Gasteiger partial charge in [0.15, 0.2) is 11.6 Å². The zero-order chi connectivity index (χ0) is 16.9. The quantitative estimate of drug-likeness (QED) is 0.933. The van der Waals surface area contributed by atoms with Crippen LogP contribution >= 0.6 is 0 Å². The van der Waals surface area contributed by atoms with Crippen molar-refractivity contribution in [2.45, 2.75) is 0 Å². The molecule has 24 heavy (non-hydrogen) atoms. The topological polar surface area (TPSA) is 64.6 Å². The minimum absolute atomic E-state index is 0.0603. The van der Waals surface area contributed by atoms with Gasteiger partial charge in [-0.3, -0.25) is 0 Å². The highest BCUT2D eigenvalue weighted by Gasteiger charge is 2.22. The molecule has 1 aromatic carbocycles. The predicted molar refractivity (Wildman–Crippen MR) is 95.6 cm³/mol. The van der Waals surface area contributed by atoms with E-state index in [1.807, 2.05) is 66.4 Å². The summed E-state index contributed by atoms with van der Waals surface area (Å²) in [5, 5.41) is 11.4. The summed E-state index contributed by atoms with van der Waals surface area (Å²) in [6.07, 6.45) is 0. The number of aromatic nitrogens is 2. The molecule has 2 aromatic rings. The van der Waals surface area contributed by atoms with E-state index in [-0.39, 0.29) is 6.03 Å². The molecule has 1 aromatic heterocycles. The number of urea groups is 1. The van der Waals surface area contributed by atoms with E-state index in [4.69, 9.17) is 0 Å². The van der Waals surface area contributed by atoms with E-state index in [9.17, 15) is 4.79 Å². The number of rotatable bonds is 3. The highest BCUT2D eigenvalue weighted by molar-refractivity contribution is 5.89. The molecule has 1 aliphatic heterocycles. The molecular weight excluding hydrogens is 304 g/mol. The number of anilines is 3. The van der Waals surface area contributed by atoms with Gasteiger partial charge in [0.1, 0.15) is 0 Å². The Bertz CT molecular complexity index is 665. The van der Waals surface area contributed by atoms with Gasteiger partial charge in [-0.25, -0.2) is 4.79 Å². The molecule has 2 amide bonds. The molecule has 1 saturated heterocycles. The van der Waals surface area contributed by atoms with Crippen molar-refractivity contribution in [2.24, 2.45) is 0 Å². The lowest BCUT2D eigenvalue weighted by molar-refractivity contribution is 0.208. The molecule has 7 heteroatoms. The minimum atomic E-state index is -0.0603. The van der Waals surface area contributed by atoms with Gasteiger partial charge >= 0.3 is 6.03 Å². The zero-order valence-electron chi connectivity index (χ0n) is 14.0. The molecule has 0 unspecified atom stereocenters. The summed E-state index contributed by atoms with van der Waals surface area (Å²) < 4.78 is 0. The first-order valence-electron chi connectivity index (χ1n) is 8.00. The third-order valence-corrected chi connectivity index (χ3v) is 4.01. The van der Waals surface area contributed by atoms with E-state index < -0.39 is 0 Å². The second-order valence-corrected chi connectivity index (χ2v) is 5.91. The van der Waals surface area contributed by atoms with E-state index in [1.54, 1.807) is 0 Å². The molecule has 1 N–H and O–H groups in total. The van der Waals surface area contributed by atoms with Crippen LogP contribution in [-0.4, -0.2) is 61.4 Å². The summed E-state index contributed by atoms with van der Waals surface area (Å²) in [6.45, 7) is 2.82. The number of amides is 2. The molecule has 1 aliphatic rings. The van der Waals surface area contributed by atoms with Crippen molar-refractivity contribution < 1.29 is 4.79 Å². The summed E-state index contributed by atoms with van der Waals surface area (Å²) in [4.78, 5) is 18.2. The Balaban J connectivity index is 1.54. The van der Waals surface area contributed by atoms with Gasteiger partial charge in [-0.15, -0.1) is 10.2 Å². The van der Waals surface area contributed by atoms with Crippen LogP contribution in [0.2, 0.25) is 0 Å². The normalized spacial score (nSPS) is 14.4. The second kappa shape index (κ2) is 7.16. The molecular formula is C17H22N6O. The lowest BCUT2D eigenvalue weighted by Crippen LogP contribution is -2.50. The van der Waals surface area contributed by atoms with Crippen LogP contribution in [0.1, 0.15) is 0 Å². The average molecular weight is 326 g/mol. The smallest absolute Gasteiger partial charge is 0.321 e. The maximum atomic E-state index is 12.3. The number of nitrogens with one attached hydrogen (secondary N) is 1. The molecule has 2 heterocycles. The van der Waals surface area contributed by atoms with Gasteiger partial charge in [-0.1, -0.05) is 18.2 Å². The first kappa shape index (κ1) is 16.0. The standard InChI is InChI=1S/C17H22N6O/c1-21(2)15-8-9-16(20-19-15)22-10-12-23(13-11-22)17(24)18-14-6-4-3-5-7-14/h3-9H,10-13H2,1-2H3,(H,18,24). The molecule has 7 nitrogen and oxygen atoms in total.